The monoisotopic (exact) mass is 197 g/mol. The zero-order valence-corrected chi connectivity index (χ0v) is 8.47. The summed E-state index contributed by atoms with van der Waals surface area (Å²) < 4.78 is 0. The number of rotatable bonds is 2. The van der Waals surface area contributed by atoms with E-state index in [-0.39, 0.29) is 0 Å². The lowest BCUT2D eigenvalue weighted by Crippen LogP contribution is -1.87. The van der Waals surface area contributed by atoms with Crippen LogP contribution in [0.4, 0.5) is 0 Å². The third-order valence-corrected chi connectivity index (χ3v) is 2.25. The van der Waals surface area contributed by atoms with Gasteiger partial charge in [-0.1, -0.05) is 29.8 Å². The normalized spacial score (nSPS) is 9.93. The lowest BCUT2D eigenvalue weighted by molar-refractivity contribution is 0.111. The molecule has 0 spiro atoms. The third kappa shape index (κ3) is 2.10. The topological polar surface area (TPSA) is 30.0 Å². The van der Waals surface area contributed by atoms with Crippen molar-refractivity contribution in [3.05, 3.63) is 53.9 Å². The van der Waals surface area contributed by atoms with Crippen LogP contribution in [0.2, 0.25) is 0 Å². The number of aryl methyl sites for hydroxylation is 1. The van der Waals surface area contributed by atoms with E-state index < -0.39 is 0 Å². The summed E-state index contributed by atoms with van der Waals surface area (Å²) in [7, 11) is 0. The highest BCUT2D eigenvalue weighted by atomic mass is 16.1. The maximum atomic E-state index is 10.6. The highest BCUT2D eigenvalue weighted by Gasteiger charge is 1.99. The Morgan fingerprint density at radius 1 is 1.13 bits per heavy atom. The largest absolute Gasteiger partial charge is 0.296 e. The van der Waals surface area contributed by atoms with Gasteiger partial charge in [0.1, 0.15) is 5.69 Å². The van der Waals surface area contributed by atoms with Gasteiger partial charge in [0.15, 0.2) is 6.29 Å². The average molecular weight is 197 g/mol. The molecular formula is C13H11NO. The molecule has 1 heterocycles. The molecule has 0 unspecified atom stereocenters. The number of hydrogen-bond donors (Lipinski definition) is 0. The molecule has 0 atom stereocenters. The summed E-state index contributed by atoms with van der Waals surface area (Å²) in [6, 6.07) is 11.9. The van der Waals surface area contributed by atoms with Crippen LogP contribution in [0.15, 0.2) is 42.6 Å². The first-order chi connectivity index (χ1) is 7.29. The van der Waals surface area contributed by atoms with Gasteiger partial charge in [-0.3, -0.25) is 9.78 Å². The van der Waals surface area contributed by atoms with Crippen molar-refractivity contribution >= 4 is 6.29 Å². The van der Waals surface area contributed by atoms with E-state index in [1.807, 2.05) is 31.2 Å². The Kier molecular flexibility index (Phi) is 2.59. The standard InChI is InChI=1S/C13H11NO/c1-10-3-2-4-11(7-10)12-5-6-14-13(8-12)9-15/h2-9H,1H3. The summed E-state index contributed by atoms with van der Waals surface area (Å²) in [4.78, 5) is 14.5. The van der Waals surface area contributed by atoms with Crippen molar-refractivity contribution < 1.29 is 4.79 Å². The van der Waals surface area contributed by atoms with E-state index in [9.17, 15) is 4.79 Å². The summed E-state index contributed by atoms with van der Waals surface area (Å²) in [6.07, 6.45) is 2.42. The van der Waals surface area contributed by atoms with E-state index in [1.165, 1.54) is 5.56 Å². The minimum Gasteiger partial charge on any atom is -0.296 e. The third-order valence-electron chi connectivity index (χ3n) is 2.25. The number of carbonyl (C=O) groups excluding carboxylic acids is 1. The Bertz CT molecular complexity index is 491. The Balaban J connectivity index is 2.49. The summed E-state index contributed by atoms with van der Waals surface area (Å²) in [5, 5.41) is 0. The molecule has 2 aromatic rings. The number of benzene rings is 1. The number of hydrogen-bond acceptors (Lipinski definition) is 2. The second kappa shape index (κ2) is 4.05. The van der Waals surface area contributed by atoms with E-state index in [2.05, 4.69) is 11.1 Å². The maximum Gasteiger partial charge on any atom is 0.168 e. The van der Waals surface area contributed by atoms with Gasteiger partial charge in [-0.2, -0.15) is 0 Å². The van der Waals surface area contributed by atoms with Crippen molar-refractivity contribution in [2.24, 2.45) is 0 Å². The maximum absolute atomic E-state index is 10.6. The van der Waals surface area contributed by atoms with Crippen LogP contribution < -0.4 is 0 Å². The highest BCUT2D eigenvalue weighted by Crippen LogP contribution is 2.19. The molecule has 0 saturated heterocycles. The Morgan fingerprint density at radius 2 is 1.93 bits per heavy atom. The molecule has 0 aliphatic carbocycles. The van der Waals surface area contributed by atoms with Crippen molar-refractivity contribution in [2.75, 3.05) is 0 Å². The number of pyridine rings is 1. The van der Waals surface area contributed by atoms with Gasteiger partial charge in [-0.15, -0.1) is 0 Å². The molecule has 2 nitrogen and oxygen atoms in total. The molecule has 2 rings (SSSR count). The fraction of sp³-hybridized carbons (Fsp3) is 0.0769. The van der Waals surface area contributed by atoms with Gasteiger partial charge in [0, 0.05) is 6.20 Å². The van der Waals surface area contributed by atoms with Crippen LogP contribution >= 0.6 is 0 Å². The molecular weight excluding hydrogens is 186 g/mol. The Morgan fingerprint density at radius 3 is 2.67 bits per heavy atom. The molecule has 1 aromatic heterocycles. The first-order valence-corrected chi connectivity index (χ1v) is 4.78. The number of aldehydes is 1. The first kappa shape index (κ1) is 9.59. The van der Waals surface area contributed by atoms with E-state index in [0.29, 0.717) is 5.69 Å². The van der Waals surface area contributed by atoms with Crippen LogP contribution in [-0.2, 0) is 0 Å². The lowest BCUT2D eigenvalue weighted by Gasteiger charge is -2.02. The summed E-state index contributed by atoms with van der Waals surface area (Å²) in [5.41, 5.74) is 3.81. The SMILES string of the molecule is Cc1cccc(-c2ccnc(C=O)c2)c1. The van der Waals surface area contributed by atoms with Crippen LogP contribution in [0.5, 0.6) is 0 Å². The Hall–Kier alpha value is -1.96. The average Bonchev–Trinajstić information content (AvgIpc) is 2.29. The van der Waals surface area contributed by atoms with Crippen LogP contribution in [0, 0.1) is 6.92 Å². The van der Waals surface area contributed by atoms with E-state index in [0.717, 1.165) is 17.4 Å². The molecule has 0 fully saturated rings. The van der Waals surface area contributed by atoms with Gasteiger partial charge < -0.3 is 0 Å². The van der Waals surface area contributed by atoms with Gasteiger partial charge in [0.05, 0.1) is 0 Å². The second-order valence-electron chi connectivity index (χ2n) is 3.46. The van der Waals surface area contributed by atoms with Gasteiger partial charge in [-0.05, 0) is 30.2 Å². The number of aromatic nitrogens is 1. The minimum absolute atomic E-state index is 0.467. The van der Waals surface area contributed by atoms with Crippen molar-refractivity contribution in [2.45, 2.75) is 6.92 Å². The fourth-order valence-electron chi connectivity index (χ4n) is 1.52. The van der Waals surface area contributed by atoms with E-state index in [4.69, 9.17) is 0 Å². The molecule has 0 aliphatic rings. The number of carbonyl (C=O) groups is 1. The van der Waals surface area contributed by atoms with Gasteiger partial charge >= 0.3 is 0 Å². The summed E-state index contributed by atoms with van der Waals surface area (Å²) in [6.45, 7) is 2.05. The molecule has 15 heavy (non-hydrogen) atoms. The molecule has 74 valence electrons. The van der Waals surface area contributed by atoms with Crippen LogP contribution in [0.3, 0.4) is 0 Å². The molecule has 0 radical (unpaired) electrons. The van der Waals surface area contributed by atoms with Gasteiger partial charge in [0.25, 0.3) is 0 Å². The van der Waals surface area contributed by atoms with E-state index >= 15 is 0 Å². The zero-order chi connectivity index (χ0) is 10.7. The summed E-state index contributed by atoms with van der Waals surface area (Å²) in [5.74, 6) is 0. The lowest BCUT2D eigenvalue weighted by atomic mass is 10.0. The summed E-state index contributed by atoms with van der Waals surface area (Å²) >= 11 is 0. The first-order valence-electron chi connectivity index (χ1n) is 4.78. The van der Waals surface area contributed by atoms with E-state index in [1.54, 1.807) is 12.3 Å². The molecule has 2 heteroatoms. The van der Waals surface area contributed by atoms with Crippen molar-refractivity contribution in [1.82, 2.24) is 4.98 Å². The van der Waals surface area contributed by atoms with Crippen molar-refractivity contribution in [1.29, 1.82) is 0 Å². The molecule has 1 aromatic carbocycles. The Labute approximate surface area is 88.6 Å². The van der Waals surface area contributed by atoms with Gasteiger partial charge in [0.2, 0.25) is 0 Å². The predicted molar refractivity (Wildman–Crippen MR) is 59.8 cm³/mol. The van der Waals surface area contributed by atoms with Crippen molar-refractivity contribution in [3.63, 3.8) is 0 Å². The van der Waals surface area contributed by atoms with Crippen molar-refractivity contribution in [3.8, 4) is 11.1 Å². The van der Waals surface area contributed by atoms with Crippen LogP contribution in [0.1, 0.15) is 16.1 Å². The fourth-order valence-corrected chi connectivity index (χ4v) is 1.52. The van der Waals surface area contributed by atoms with Gasteiger partial charge in [-0.25, -0.2) is 0 Å². The second-order valence-corrected chi connectivity index (χ2v) is 3.46. The predicted octanol–water partition coefficient (Wildman–Crippen LogP) is 2.87. The quantitative estimate of drug-likeness (QED) is 0.693. The molecule has 0 saturated carbocycles. The minimum atomic E-state index is 0.467. The smallest absolute Gasteiger partial charge is 0.168 e. The van der Waals surface area contributed by atoms with Crippen LogP contribution in [-0.4, -0.2) is 11.3 Å². The molecule has 0 aliphatic heterocycles. The highest BCUT2D eigenvalue weighted by molar-refractivity contribution is 5.76. The number of nitrogens with zero attached hydrogens (tertiary/aromatic N) is 1. The molecule has 0 N–H and O–H groups in total. The zero-order valence-electron chi connectivity index (χ0n) is 8.47. The van der Waals surface area contributed by atoms with Crippen LogP contribution in [0.25, 0.3) is 11.1 Å². The molecule has 0 bridgehead atoms. The molecule has 0 amide bonds.